The topological polar surface area (TPSA) is 83.2 Å². The summed E-state index contributed by atoms with van der Waals surface area (Å²) in [5, 5.41) is 0.586. The molecule has 2 aromatic rings. The Morgan fingerprint density at radius 1 is 1.24 bits per heavy atom. The first-order valence-electron chi connectivity index (χ1n) is 4.53. The molecule has 2 rings (SSSR count). The number of hydrogen-bond acceptors (Lipinski definition) is 4. The van der Waals surface area contributed by atoms with Gasteiger partial charge >= 0.3 is 11.4 Å². The summed E-state index contributed by atoms with van der Waals surface area (Å²) in [5.74, 6) is -0.830. The molecule has 0 fully saturated rings. The summed E-state index contributed by atoms with van der Waals surface area (Å²) < 4.78 is 6.30. The number of nitrogens with two attached hydrogens (primary N) is 1. The lowest BCUT2D eigenvalue weighted by atomic mass is 10.3. The van der Waals surface area contributed by atoms with Gasteiger partial charge in [0, 0.05) is 0 Å². The van der Waals surface area contributed by atoms with Gasteiger partial charge in [-0.1, -0.05) is 23.2 Å². The normalized spacial score (nSPS) is 10.8. The van der Waals surface area contributed by atoms with E-state index in [1.807, 2.05) is 0 Å². The molecule has 0 saturated carbocycles. The van der Waals surface area contributed by atoms with Crippen LogP contribution in [0.4, 0.5) is 0 Å². The summed E-state index contributed by atoms with van der Waals surface area (Å²) in [7, 11) is 0. The summed E-state index contributed by atoms with van der Waals surface area (Å²) >= 11 is 11.5. The molecule has 1 aromatic heterocycles. The lowest BCUT2D eigenvalue weighted by Gasteiger charge is -2.00. The lowest BCUT2D eigenvalue weighted by Crippen LogP contribution is -2.31. The average Bonchev–Trinajstić information content (AvgIpc) is 2.58. The van der Waals surface area contributed by atoms with Crippen molar-refractivity contribution in [1.82, 2.24) is 9.31 Å². The van der Waals surface area contributed by atoms with Crippen molar-refractivity contribution in [3.05, 3.63) is 49.3 Å². The first kappa shape index (κ1) is 12.0. The molecule has 0 radical (unpaired) electrons. The number of benzene rings is 1. The maximum absolute atomic E-state index is 11.7. The van der Waals surface area contributed by atoms with Crippen LogP contribution in [0.25, 0.3) is 5.69 Å². The highest BCUT2D eigenvalue weighted by Crippen LogP contribution is 2.23. The second-order valence-corrected chi connectivity index (χ2v) is 3.96. The smallest absolute Gasteiger partial charge is 0.313 e. The molecule has 0 unspecified atom stereocenters. The quantitative estimate of drug-likeness (QED) is 0.880. The SMILES string of the molecule is NCn1c(=O)on(-c2ccc(Cl)c(Cl)c2)c1=O. The van der Waals surface area contributed by atoms with E-state index < -0.39 is 11.4 Å². The van der Waals surface area contributed by atoms with Crippen LogP contribution in [0.1, 0.15) is 0 Å². The van der Waals surface area contributed by atoms with E-state index in [2.05, 4.69) is 0 Å². The van der Waals surface area contributed by atoms with E-state index in [-0.39, 0.29) is 11.7 Å². The van der Waals surface area contributed by atoms with Crippen LogP contribution in [0, 0.1) is 0 Å². The van der Waals surface area contributed by atoms with Crippen LogP contribution in [0.2, 0.25) is 10.0 Å². The third-order valence-corrected chi connectivity index (χ3v) is 2.85. The Morgan fingerprint density at radius 2 is 1.94 bits per heavy atom. The van der Waals surface area contributed by atoms with Crippen LogP contribution in [0.3, 0.4) is 0 Å². The molecule has 8 heteroatoms. The summed E-state index contributed by atoms with van der Waals surface area (Å²) in [6.45, 7) is -0.254. The van der Waals surface area contributed by atoms with Gasteiger partial charge in [-0.25, -0.2) is 14.2 Å². The van der Waals surface area contributed by atoms with E-state index in [4.69, 9.17) is 33.5 Å². The van der Waals surface area contributed by atoms with Crippen LogP contribution in [0.15, 0.2) is 32.3 Å². The molecule has 2 N–H and O–H groups in total. The van der Waals surface area contributed by atoms with Crippen LogP contribution in [-0.2, 0) is 6.67 Å². The molecule has 0 spiro atoms. The van der Waals surface area contributed by atoms with E-state index in [1.54, 1.807) is 0 Å². The largest absolute Gasteiger partial charge is 0.444 e. The number of nitrogens with zero attached hydrogens (tertiary/aromatic N) is 2. The Hall–Kier alpha value is -1.50. The van der Waals surface area contributed by atoms with Crippen LogP contribution >= 0.6 is 23.2 Å². The molecule has 0 bridgehead atoms. The number of rotatable bonds is 2. The van der Waals surface area contributed by atoms with E-state index in [0.29, 0.717) is 10.7 Å². The van der Waals surface area contributed by atoms with E-state index in [1.165, 1.54) is 18.2 Å². The zero-order chi connectivity index (χ0) is 12.6. The third-order valence-electron chi connectivity index (χ3n) is 2.11. The molecule has 0 aliphatic carbocycles. The first-order chi connectivity index (χ1) is 8.04. The third kappa shape index (κ3) is 2.02. The molecule has 6 nitrogen and oxygen atoms in total. The standard InChI is InChI=1S/C9H7Cl2N3O3/c10-6-2-1-5(3-7(6)11)14-8(15)13(4-12)9(16)17-14/h1-3H,4,12H2. The zero-order valence-corrected chi connectivity index (χ0v) is 9.90. The van der Waals surface area contributed by atoms with Crippen LogP contribution in [-0.4, -0.2) is 9.31 Å². The van der Waals surface area contributed by atoms with Crippen LogP contribution in [0.5, 0.6) is 0 Å². The second-order valence-electron chi connectivity index (χ2n) is 3.14. The van der Waals surface area contributed by atoms with Crippen molar-refractivity contribution in [2.45, 2.75) is 6.67 Å². The molecule has 0 atom stereocenters. The van der Waals surface area contributed by atoms with Crippen molar-refractivity contribution in [1.29, 1.82) is 0 Å². The number of aromatic nitrogens is 2. The molecule has 0 saturated heterocycles. The van der Waals surface area contributed by atoms with Gasteiger partial charge in [0.05, 0.1) is 22.4 Å². The van der Waals surface area contributed by atoms with Crippen molar-refractivity contribution in [3.63, 3.8) is 0 Å². The highest BCUT2D eigenvalue weighted by molar-refractivity contribution is 6.42. The monoisotopic (exact) mass is 275 g/mol. The van der Waals surface area contributed by atoms with Gasteiger partial charge < -0.3 is 10.3 Å². The van der Waals surface area contributed by atoms with Crippen LogP contribution < -0.4 is 17.2 Å². The van der Waals surface area contributed by atoms with Crippen molar-refractivity contribution >= 4 is 23.2 Å². The Kier molecular flexibility index (Phi) is 3.10. The van der Waals surface area contributed by atoms with Gasteiger partial charge in [-0.2, -0.15) is 0 Å². The molecule has 90 valence electrons. The van der Waals surface area contributed by atoms with Gasteiger partial charge in [-0.15, -0.1) is 4.74 Å². The summed E-state index contributed by atoms with van der Waals surface area (Å²) in [4.78, 5) is 22.9. The maximum Gasteiger partial charge on any atom is 0.444 e. The molecule has 0 aliphatic heterocycles. The molecule has 1 aromatic carbocycles. The summed E-state index contributed by atoms with van der Waals surface area (Å²) in [6, 6.07) is 4.40. The van der Waals surface area contributed by atoms with E-state index >= 15 is 0 Å². The maximum atomic E-state index is 11.7. The number of hydrogen-bond donors (Lipinski definition) is 1. The van der Waals surface area contributed by atoms with Crippen molar-refractivity contribution in [2.24, 2.45) is 5.73 Å². The minimum atomic E-state index is -0.830. The molecule has 0 aliphatic rings. The fourth-order valence-corrected chi connectivity index (χ4v) is 1.57. The molecular formula is C9H7Cl2N3O3. The molecule has 1 heterocycles. The fourth-order valence-electron chi connectivity index (χ4n) is 1.28. The fraction of sp³-hybridized carbons (Fsp3) is 0.111. The lowest BCUT2D eigenvalue weighted by molar-refractivity contribution is 0.311. The average molecular weight is 276 g/mol. The summed E-state index contributed by atoms with van der Waals surface area (Å²) in [6.07, 6.45) is 0. The Balaban J connectivity index is 2.65. The molecule has 17 heavy (non-hydrogen) atoms. The summed E-state index contributed by atoms with van der Waals surface area (Å²) in [5.41, 5.74) is 4.87. The van der Waals surface area contributed by atoms with Gasteiger partial charge in [0.15, 0.2) is 0 Å². The predicted octanol–water partition coefficient (Wildman–Crippen LogP) is 0.815. The Morgan fingerprint density at radius 3 is 2.47 bits per heavy atom. The minimum Gasteiger partial charge on any atom is -0.313 e. The predicted molar refractivity (Wildman–Crippen MR) is 62.8 cm³/mol. The minimum absolute atomic E-state index is 0.249. The Bertz CT molecular complexity index is 671. The van der Waals surface area contributed by atoms with E-state index in [0.717, 1.165) is 9.31 Å². The highest BCUT2D eigenvalue weighted by Gasteiger charge is 2.12. The number of halogens is 2. The molecular weight excluding hydrogens is 269 g/mol. The highest BCUT2D eigenvalue weighted by atomic mass is 35.5. The van der Waals surface area contributed by atoms with E-state index in [9.17, 15) is 9.59 Å². The van der Waals surface area contributed by atoms with Gasteiger partial charge in [0.25, 0.3) is 0 Å². The van der Waals surface area contributed by atoms with Gasteiger partial charge in [-0.05, 0) is 18.2 Å². The van der Waals surface area contributed by atoms with Gasteiger partial charge in [0.2, 0.25) is 0 Å². The van der Waals surface area contributed by atoms with Crippen molar-refractivity contribution < 1.29 is 4.52 Å². The van der Waals surface area contributed by atoms with Gasteiger partial charge in [-0.3, -0.25) is 0 Å². The van der Waals surface area contributed by atoms with Crippen molar-refractivity contribution in [2.75, 3.05) is 0 Å². The van der Waals surface area contributed by atoms with Gasteiger partial charge in [0.1, 0.15) is 0 Å². The van der Waals surface area contributed by atoms with Crippen molar-refractivity contribution in [3.8, 4) is 5.69 Å². The second kappa shape index (κ2) is 4.40. The first-order valence-corrected chi connectivity index (χ1v) is 5.29. The zero-order valence-electron chi connectivity index (χ0n) is 8.39. The Labute approximate surface area is 105 Å². The molecule has 0 amide bonds.